The number of amides is 2. The molecule has 0 radical (unpaired) electrons. The van der Waals surface area contributed by atoms with E-state index in [4.69, 9.17) is 41.7 Å². The monoisotopic (exact) mass is 678 g/mol. The molecule has 0 bridgehead atoms. The summed E-state index contributed by atoms with van der Waals surface area (Å²) in [6.07, 6.45) is 2.21. The van der Waals surface area contributed by atoms with E-state index in [1.807, 2.05) is 53.7 Å². The minimum Gasteiger partial charge on any atom is -0.498 e. The quantitative estimate of drug-likeness (QED) is 0.0735. The fourth-order valence-corrected chi connectivity index (χ4v) is 5.24. The standard InChI is InChI=1S/C16H23N3O4.C16H20N2O3.ClH.H3NO/c1-16(2,3)23-15(20)18-11-6-5-9-7-10(14(17)19-21)8-12(22-4)13(9)11;1-16(2,3)21-15(19)18-12-7-6-10-8-11(17-4)9-13(20-5)14(10)12;;1-2/h7-8,11,21H,5-6H2,1-4H3,(H2,17,19)(H,18,20);8-9,12H,6-7H2,1-3,5H3,(H,18,19);1H;2H,1H2/t11-;12-;;/m11../s1. The second kappa shape index (κ2) is 17.5. The van der Waals surface area contributed by atoms with E-state index in [0.717, 1.165) is 47.9 Å². The van der Waals surface area contributed by atoms with Gasteiger partial charge in [-0.25, -0.2) is 20.3 Å². The van der Waals surface area contributed by atoms with Gasteiger partial charge in [0, 0.05) is 16.7 Å². The van der Waals surface area contributed by atoms with E-state index in [2.05, 4.69) is 26.5 Å². The van der Waals surface area contributed by atoms with Crippen LogP contribution in [0, 0.1) is 6.57 Å². The Morgan fingerprint density at radius 3 is 1.66 bits per heavy atom. The number of halogens is 1. The summed E-state index contributed by atoms with van der Waals surface area (Å²) in [5.41, 5.74) is 9.65. The fourth-order valence-electron chi connectivity index (χ4n) is 5.24. The minimum atomic E-state index is -0.550. The van der Waals surface area contributed by atoms with Crippen molar-refractivity contribution in [2.24, 2.45) is 16.8 Å². The molecule has 2 amide bonds. The number of fused-ring (bicyclic) bond motifs is 2. The summed E-state index contributed by atoms with van der Waals surface area (Å²) in [4.78, 5) is 27.4. The van der Waals surface area contributed by atoms with Crippen LogP contribution in [0.2, 0.25) is 0 Å². The van der Waals surface area contributed by atoms with Gasteiger partial charge in [-0.1, -0.05) is 11.2 Å². The van der Waals surface area contributed by atoms with E-state index in [0.29, 0.717) is 22.7 Å². The number of hydrogen-bond acceptors (Lipinski definition) is 10. The maximum atomic E-state index is 12.0. The van der Waals surface area contributed by atoms with Crippen molar-refractivity contribution in [3.8, 4) is 11.5 Å². The van der Waals surface area contributed by atoms with E-state index < -0.39 is 23.4 Å². The first-order valence-electron chi connectivity index (χ1n) is 14.6. The zero-order valence-electron chi connectivity index (χ0n) is 28.1. The normalized spacial score (nSPS) is 16.2. The molecule has 0 fully saturated rings. The molecule has 2 atom stereocenters. The maximum absolute atomic E-state index is 12.0. The highest BCUT2D eigenvalue weighted by Gasteiger charge is 2.31. The number of aryl methyl sites for hydroxylation is 2. The van der Waals surface area contributed by atoms with Gasteiger partial charge in [0.2, 0.25) is 0 Å². The largest absolute Gasteiger partial charge is 0.498 e. The summed E-state index contributed by atoms with van der Waals surface area (Å²) in [5, 5.41) is 24.1. The minimum absolute atomic E-state index is 0. The molecule has 2 aromatic rings. The lowest BCUT2D eigenvalue weighted by molar-refractivity contribution is 0.0491. The Hall–Kier alpha value is -4.45. The van der Waals surface area contributed by atoms with Gasteiger partial charge in [0.25, 0.3) is 0 Å². The Balaban J connectivity index is 0.000000439. The van der Waals surface area contributed by atoms with Gasteiger partial charge in [0.05, 0.1) is 32.9 Å². The first-order valence-corrected chi connectivity index (χ1v) is 14.6. The lowest BCUT2D eigenvalue weighted by Gasteiger charge is -2.23. The number of rotatable bonds is 5. The van der Waals surface area contributed by atoms with Crippen LogP contribution in [0.4, 0.5) is 15.3 Å². The molecule has 0 heterocycles. The number of carbonyl (C=O) groups is 2. The van der Waals surface area contributed by atoms with Crippen LogP contribution in [0.5, 0.6) is 11.5 Å². The van der Waals surface area contributed by atoms with Gasteiger partial charge in [-0.05, 0) is 96.6 Å². The summed E-state index contributed by atoms with van der Waals surface area (Å²) in [6, 6.07) is 6.80. The van der Waals surface area contributed by atoms with Gasteiger partial charge in [0.1, 0.15) is 22.7 Å². The van der Waals surface area contributed by atoms with Crippen molar-refractivity contribution in [1.82, 2.24) is 10.6 Å². The number of nitrogens with zero attached hydrogens (tertiary/aromatic N) is 2. The number of carbonyl (C=O) groups excluding carboxylic acids is 2. The third kappa shape index (κ3) is 11.4. The van der Waals surface area contributed by atoms with Crippen LogP contribution in [0.3, 0.4) is 0 Å². The number of ether oxygens (including phenoxy) is 4. The lowest BCUT2D eigenvalue weighted by Crippen LogP contribution is -2.34. The zero-order chi connectivity index (χ0) is 34.8. The van der Waals surface area contributed by atoms with E-state index >= 15 is 0 Å². The van der Waals surface area contributed by atoms with Crippen LogP contribution < -0.4 is 31.7 Å². The van der Waals surface area contributed by atoms with Gasteiger partial charge in [-0.3, -0.25) is 0 Å². The smallest absolute Gasteiger partial charge is 0.408 e. The Morgan fingerprint density at radius 2 is 1.28 bits per heavy atom. The number of amidine groups is 1. The molecule has 0 unspecified atom stereocenters. The van der Waals surface area contributed by atoms with Gasteiger partial charge < -0.3 is 45.7 Å². The highest BCUT2D eigenvalue weighted by molar-refractivity contribution is 5.97. The molecule has 2 aliphatic rings. The topological polar surface area (TPSA) is 204 Å². The Morgan fingerprint density at radius 1 is 0.851 bits per heavy atom. The molecule has 14 nitrogen and oxygen atoms in total. The molecule has 8 N–H and O–H groups in total. The molecule has 0 spiro atoms. The molecule has 15 heteroatoms. The zero-order valence-corrected chi connectivity index (χ0v) is 28.9. The number of nitrogens with one attached hydrogen (secondary N) is 2. The van der Waals surface area contributed by atoms with Crippen LogP contribution in [0.25, 0.3) is 4.85 Å². The SMILES string of the molecule is COc1cc(/C(N)=N/O)cc2c1[C@H](NC(=O)OC(C)(C)C)CC2.Cl.NO.[C-]#[N+]c1cc2c(c(OC)c1)[C@H](NC(=O)OC(C)(C)C)CC2. The summed E-state index contributed by atoms with van der Waals surface area (Å²) >= 11 is 0. The number of nitrogens with two attached hydrogens (primary N) is 2. The lowest BCUT2D eigenvalue weighted by atomic mass is 10.0. The number of hydrogen-bond donors (Lipinski definition) is 6. The summed E-state index contributed by atoms with van der Waals surface area (Å²) in [6.45, 7) is 18.1. The second-order valence-electron chi connectivity index (χ2n) is 12.5. The predicted molar refractivity (Wildman–Crippen MR) is 179 cm³/mol. The van der Waals surface area contributed by atoms with E-state index in [1.165, 1.54) is 0 Å². The van der Waals surface area contributed by atoms with Crippen LogP contribution in [-0.2, 0) is 22.3 Å². The maximum Gasteiger partial charge on any atom is 0.408 e. The van der Waals surface area contributed by atoms with Crippen LogP contribution >= 0.6 is 12.4 Å². The number of methoxy groups -OCH3 is 2. The van der Waals surface area contributed by atoms with Crippen molar-refractivity contribution in [3.05, 3.63) is 63.5 Å². The first-order chi connectivity index (χ1) is 21.6. The number of benzene rings is 2. The van der Waals surface area contributed by atoms with Gasteiger partial charge in [-0.2, -0.15) is 0 Å². The van der Waals surface area contributed by atoms with Crippen molar-refractivity contribution >= 4 is 36.1 Å². The van der Waals surface area contributed by atoms with Gasteiger partial charge in [-0.15, -0.1) is 12.4 Å². The Kier molecular flexibility index (Phi) is 15.1. The molecule has 260 valence electrons. The molecule has 2 aromatic carbocycles. The van der Waals surface area contributed by atoms with Crippen molar-refractivity contribution in [1.29, 1.82) is 0 Å². The summed E-state index contributed by atoms with van der Waals surface area (Å²) < 4.78 is 21.4. The van der Waals surface area contributed by atoms with Crippen LogP contribution in [0.15, 0.2) is 29.4 Å². The van der Waals surface area contributed by atoms with Crippen molar-refractivity contribution in [3.63, 3.8) is 0 Å². The van der Waals surface area contributed by atoms with Crippen molar-refractivity contribution in [2.45, 2.75) is 90.5 Å². The number of alkyl carbamates (subject to hydrolysis) is 2. The Labute approximate surface area is 281 Å². The average molecular weight is 679 g/mol. The average Bonchev–Trinajstić information content (AvgIpc) is 3.58. The second-order valence-corrected chi connectivity index (χ2v) is 12.5. The van der Waals surface area contributed by atoms with Crippen molar-refractivity contribution in [2.75, 3.05) is 14.2 Å². The highest BCUT2D eigenvalue weighted by atomic mass is 35.5. The molecule has 0 aliphatic heterocycles. The van der Waals surface area contributed by atoms with E-state index in [9.17, 15) is 9.59 Å². The molecule has 0 saturated carbocycles. The van der Waals surface area contributed by atoms with Crippen molar-refractivity contribution < 1.29 is 39.0 Å². The summed E-state index contributed by atoms with van der Waals surface area (Å²) in [7, 11) is 3.13. The van der Waals surface area contributed by atoms with Gasteiger partial charge in [0.15, 0.2) is 11.5 Å². The van der Waals surface area contributed by atoms with E-state index in [1.54, 1.807) is 26.4 Å². The predicted octanol–water partition coefficient (Wildman–Crippen LogP) is 5.82. The molecular weight excluding hydrogens is 632 g/mol. The fraction of sp³-hybridized carbons (Fsp3) is 0.500. The highest BCUT2D eigenvalue weighted by Crippen LogP contribution is 2.41. The first kappa shape index (κ1) is 40.6. The van der Waals surface area contributed by atoms with Gasteiger partial charge >= 0.3 is 12.2 Å². The molecule has 47 heavy (non-hydrogen) atoms. The molecule has 0 saturated heterocycles. The number of oxime groups is 1. The molecular formula is C32H47ClN6O8. The molecule has 2 aliphatic carbocycles. The van der Waals surface area contributed by atoms with Crippen LogP contribution in [-0.4, -0.2) is 53.9 Å². The molecule has 0 aromatic heterocycles. The molecule has 4 rings (SSSR count). The third-order valence-corrected chi connectivity index (χ3v) is 6.90. The summed E-state index contributed by atoms with van der Waals surface area (Å²) in [5.74, 6) is 4.77. The Bertz CT molecular complexity index is 1460. The van der Waals surface area contributed by atoms with Crippen LogP contribution in [0.1, 0.15) is 94.3 Å². The van der Waals surface area contributed by atoms with E-state index in [-0.39, 0.29) is 30.3 Å². The third-order valence-electron chi connectivity index (χ3n) is 6.90.